The van der Waals surface area contributed by atoms with Gasteiger partial charge in [0, 0.05) is 23.6 Å². The van der Waals surface area contributed by atoms with E-state index in [4.69, 9.17) is 11.6 Å². The fraction of sp³-hybridized carbons (Fsp3) is 0.500. The van der Waals surface area contributed by atoms with Crippen LogP contribution in [-0.2, 0) is 0 Å². The lowest BCUT2D eigenvalue weighted by atomic mass is 10.2. The Balaban J connectivity index is 2.29. The molecule has 0 saturated heterocycles. The van der Waals surface area contributed by atoms with E-state index in [1.165, 1.54) is 0 Å². The monoisotopic (exact) mass is 269 g/mol. The molecule has 0 fully saturated rings. The topological polar surface area (TPSA) is 33.5 Å². The average Bonchev–Trinajstić information content (AvgIpc) is 2.38. The number of carbonyl (C=O) groups excluding carboxylic acids is 1. The number of hydrogen-bond donors (Lipinski definition) is 2. The first-order valence-electron chi connectivity index (χ1n) is 6.54. The molecule has 0 spiro atoms. The summed E-state index contributed by atoms with van der Waals surface area (Å²) in [6.45, 7) is 8.46. The molecular weight excluding hydrogens is 248 g/mol. The van der Waals surface area contributed by atoms with Gasteiger partial charge in [-0.2, -0.15) is 0 Å². The van der Waals surface area contributed by atoms with E-state index in [-0.39, 0.29) is 5.91 Å². The van der Waals surface area contributed by atoms with Gasteiger partial charge in [-0.15, -0.1) is 0 Å². The number of benzene rings is 1. The van der Waals surface area contributed by atoms with Crippen molar-refractivity contribution in [2.45, 2.75) is 20.3 Å². The van der Waals surface area contributed by atoms with E-state index in [0.29, 0.717) is 10.6 Å². The number of quaternary nitrogens is 1. The van der Waals surface area contributed by atoms with Gasteiger partial charge in [0.2, 0.25) is 0 Å². The third kappa shape index (κ3) is 5.07. The summed E-state index contributed by atoms with van der Waals surface area (Å²) in [5.74, 6) is -0.0490. The van der Waals surface area contributed by atoms with E-state index in [0.717, 1.165) is 32.6 Å². The minimum absolute atomic E-state index is 0.0490. The highest BCUT2D eigenvalue weighted by Gasteiger charge is 2.06. The first kappa shape index (κ1) is 15.0. The van der Waals surface area contributed by atoms with Crippen LogP contribution in [0.15, 0.2) is 24.3 Å². The zero-order chi connectivity index (χ0) is 13.4. The predicted molar refractivity (Wildman–Crippen MR) is 75.3 cm³/mol. The van der Waals surface area contributed by atoms with Gasteiger partial charge in [-0.1, -0.05) is 17.7 Å². The first-order chi connectivity index (χ1) is 8.67. The summed E-state index contributed by atoms with van der Waals surface area (Å²) < 4.78 is 0. The Labute approximate surface area is 114 Å². The molecule has 18 heavy (non-hydrogen) atoms. The van der Waals surface area contributed by atoms with E-state index in [1.54, 1.807) is 29.2 Å². The van der Waals surface area contributed by atoms with Crippen LogP contribution >= 0.6 is 11.6 Å². The molecule has 0 bridgehead atoms. The van der Waals surface area contributed by atoms with Crippen molar-refractivity contribution in [2.24, 2.45) is 0 Å². The summed E-state index contributed by atoms with van der Waals surface area (Å²) in [5.41, 5.74) is 0.623. The van der Waals surface area contributed by atoms with Crippen molar-refractivity contribution >= 4 is 17.5 Å². The van der Waals surface area contributed by atoms with Crippen LogP contribution in [0, 0.1) is 0 Å². The summed E-state index contributed by atoms with van der Waals surface area (Å²) in [6.07, 6.45) is 1.00. The second-order valence-corrected chi connectivity index (χ2v) is 4.76. The zero-order valence-electron chi connectivity index (χ0n) is 11.1. The fourth-order valence-electron chi connectivity index (χ4n) is 1.88. The maximum atomic E-state index is 11.8. The van der Waals surface area contributed by atoms with Crippen molar-refractivity contribution in [2.75, 3.05) is 26.2 Å². The lowest BCUT2D eigenvalue weighted by Gasteiger charge is -2.15. The summed E-state index contributed by atoms with van der Waals surface area (Å²) in [6, 6.07) is 7.02. The Kier molecular flexibility index (Phi) is 6.76. The molecule has 0 radical (unpaired) electrons. The second kappa shape index (κ2) is 8.11. The van der Waals surface area contributed by atoms with Crippen LogP contribution in [0.5, 0.6) is 0 Å². The van der Waals surface area contributed by atoms with Crippen LogP contribution in [0.25, 0.3) is 0 Å². The Bertz CT molecular complexity index is 378. The number of carbonyl (C=O) groups is 1. The highest BCUT2D eigenvalue weighted by molar-refractivity contribution is 6.30. The number of halogens is 1. The molecular formula is C14H22ClN2O+. The number of nitrogens with one attached hydrogen (secondary N) is 2. The van der Waals surface area contributed by atoms with E-state index >= 15 is 0 Å². The van der Waals surface area contributed by atoms with Crippen LogP contribution in [0.2, 0.25) is 5.02 Å². The predicted octanol–water partition coefficient (Wildman–Crippen LogP) is 1.38. The van der Waals surface area contributed by atoms with E-state index in [1.807, 2.05) is 0 Å². The van der Waals surface area contributed by atoms with Crippen molar-refractivity contribution in [1.82, 2.24) is 5.32 Å². The van der Waals surface area contributed by atoms with Crippen molar-refractivity contribution < 1.29 is 9.69 Å². The molecule has 1 aromatic rings. The smallest absolute Gasteiger partial charge is 0.251 e. The highest BCUT2D eigenvalue weighted by Crippen LogP contribution is 2.10. The lowest BCUT2D eigenvalue weighted by molar-refractivity contribution is -0.896. The standard InChI is InChI=1S/C14H21ClN2O/c1-3-17(4-2)10-6-9-16-14(18)12-7-5-8-13(15)11-12/h5,7-8,11H,3-4,6,9-10H2,1-2H3,(H,16,18)/p+1. The van der Waals surface area contributed by atoms with E-state index in [9.17, 15) is 4.79 Å². The molecule has 2 N–H and O–H groups in total. The molecule has 0 aliphatic carbocycles. The summed E-state index contributed by atoms with van der Waals surface area (Å²) in [4.78, 5) is 13.4. The highest BCUT2D eigenvalue weighted by atomic mass is 35.5. The molecule has 3 nitrogen and oxygen atoms in total. The normalized spacial score (nSPS) is 10.7. The van der Waals surface area contributed by atoms with Gasteiger partial charge in [-0.3, -0.25) is 4.79 Å². The van der Waals surface area contributed by atoms with Gasteiger partial charge in [-0.25, -0.2) is 0 Å². The van der Waals surface area contributed by atoms with Gasteiger partial charge >= 0.3 is 0 Å². The number of amides is 1. The fourth-order valence-corrected chi connectivity index (χ4v) is 2.07. The molecule has 0 atom stereocenters. The molecule has 0 saturated carbocycles. The van der Waals surface area contributed by atoms with Crippen LogP contribution < -0.4 is 10.2 Å². The van der Waals surface area contributed by atoms with Gasteiger partial charge in [0.15, 0.2) is 0 Å². The molecule has 0 heterocycles. The molecule has 1 amide bonds. The molecule has 0 aliphatic rings. The van der Waals surface area contributed by atoms with Crippen molar-refractivity contribution in [3.63, 3.8) is 0 Å². The minimum Gasteiger partial charge on any atom is -0.352 e. The van der Waals surface area contributed by atoms with Gasteiger partial charge < -0.3 is 10.2 Å². The second-order valence-electron chi connectivity index (χ2n) is 4.33. The number of hydrogen-bond acceptors (Lipinski definition) is 1. The quantitative estimate of drug-likeness (QED) is 0.721. The Morgan fingerprint density at radius 1 is 1.33 bits per heavy atom. The summed E-state index contributed by atoms with van der Waals surface area (Å²) >= 11 is 5.85. The maximum Gasteiger partial charge on any atom is 0.251 e. The summed E-state index contributed by atoms with van der Waals surface area (Å²) in [5, 5.41) is 3.51. The molecule has 4 heteroatoms. The van der Waals surface area contributed by atoms with Gasteiger partial charge in [0.1, 0.15) is 0 Å². The zero-order valence-corrected chi connectivity index (χ0v) is 11.9. The van der Waals surface area contributed by atoms with Crippen molar-refractivity contribution in [3.8, 4) is 0 Å². The average molecular weight is 270 g/mol. The first-order valence-corrected chi connectivity index (χ1v) is 6.92. The van der Waals surface area contributed by atoms with E-state index < -0.39 is 0 Å². The third-order valence-electron chi connectivity index (χ3n) is 3.08. The maximum absolute atomic E-state index is 11.8. The summed E-state index contributed by atoms with van der Waals surface area (Å²) in [7, 11) is 0. The molecule has 1 aromatic carbocycles. The van der Waals surface area contributed by atoms with Crippen LogP contribution in [0.3, 0.4) is 0 Å². The van der Waals surface area contributed by atoms with Crippen molar-refractivity contribution in [3.05, 3.63) is 34.9 Å². The van der Waals surface area contributed by atoms with Gasteiger partial charge in [-0.05, 0) is 32.0 Å². The van der Waals surface area contributed by atoms with Crippen LogP contribution in [0.1, 0.15) is 30.6 Å². The van der Waals surface area contributed by atoms with Gasteiger partial charge in [0.05, 0.1) is 19.6 Å². The largest absolute Gasteiger partial charge is 0.352 e. The minimum atomic E-state index is -0.0490. The Hall–Kier alpha value is -1.06. The van der Waals surface area contributed by atoms with Crippen LogP contribution in [-0.4, -0.2) is 32.1 Å². The SMILES string of the molecule is CC[NH+](CC)CCCNC(=O)c1cccc(Cl)c1. The molecule has 1 rings (SSSR count). The van der Waals surface area contributed by atoms with Gasteiger partial charge in [0.25, 0.3) is 5.91 Å². The molecule has 100 valence electrons. The third-order valence-corrected chi connectivity index (χ3v) is 3.31. The Morgan fingerprint density at radius 3 is 2.67 bits per heavy atom. The van der Waals surface area contributed by atoms with Crippen LogP contribution in [0.4, 0.5) is 0 Å². The lowest BCUT2D eigenvalue weighted by Crippen LogP contribution is -3.11. The van der Waals surface area contributed by atoms with Crippen molar-refractivity contribution in [1.29, 1.82) is 0 Å². The Morgan fingerprint density at radius 2 is 2.06 bits per heavy atom. The molecule has 0 aliphatic heterocycles. The van der Waals surface area contributed by atoms with E-state index in [2.05, 4.69) is 19.2 Å². The molecule has 0 aromatic heterocycles. The number of rotatable bonds is 7. The molecule has 0 unspecified atom stereocenters.